The second-order valence-electron chi connectivity index (χ2n) is 15.7. The van der Waals surface area contributed by atoms with Crippen molar-refractivity contribution in [1.29, 1.82) is 5.26 Å². The number of nitriles is 1. The van der Waals surface area contributed by atoms with E-state index in [1.54, 1.807) is 24.3 Å². The van der Waals surface area contributed by atoms with Crippen molar-refractivity contribution < 1.29 is 47.1 Å². The average molecular weight is 819 g/mol. The molecule has 0 spiro atoms. The van der Waals surface area contributed by atoms with Crippen molar-refractivity contribution in [2.24, 2.45) is 5.92 Å². The van der Waals surface area contributed by atoms with Crippen LogP contribution in [-0.2, 0) is 39.9 Å². The zero-order valence-corrected chi connectivity index (χ0v) is 33.0. The van der Waals surface area contributed by atoms with Gasteiger partial charge in [0.1, 0.15) is 54.0 Å². The second-order valence-corrected chi connectivity index (χ2v) is 15.7. The number of fused-ring (bicyclic) bond motifs is 3. The molecule has 7 amide bonds. The Labute approximate surface area is 339 Å². The number of hydrogen-bond donors (Lipinski definition) is 4. The van der Waals surface area contributed by atoms with Crippen LogP contribution in [0.3, 0.4) is 0 Å². The first-order chi connectivity index (χ1) is 28.1. The summed E-state index contributed by atoms with van der Waals surface area (Å²) in [5.74, 6) is -7.09. The predicted molar refractivity (Wildman–Crippen MR) is 206 cm³/mol. The lowest BCUT2D eigenvalue weighted by atomic mass is 9.99. The van der Waals surface area contributed by atoms with E-state index in [1.807, 2.05) is 6.92 Å². The van der Waals surface area contributed by atoms with Crippen molar-refractivity contribution in [2.75, 3.05) is 25.0 Å². The maximum atomic E-state index is 14.7. The monoisotopic (exact) mass is 818 g/mol. The maximum Gasteiger partial charge on any atom is 0.329 e. The number of cyclic esters (lactones) is 1. The summed E-state index contributed by atoms with van der Waals surface area (Å²) in [5.41, 5.74) is 1.30. The molecule has 4 heterocycles. The molecule has 4 aliphatic heterocycles. The van der Waals surface area contributed by atoms with Crippen molar-refractivity contribution >= 4 is 47.2 Å². The summed E-state index contributed by atoms with van der Waals surface area (Å²) in [6.07, 6.45) is 0.197. The van der Waals surface area contributed by atoms with Crippen molar-refractivity contribution in [1.82, 2.24) is 30.7 Å². The van der Waals surface area contributed by atoms with Crippen LogP contribution in [0.1, 0.15) is 63.5 Å². The number of benzene rings is 2. The number of aryl methyl sites for hydroxylation is 1. The smallest absolute Gasteiger partial charge is 0.329 e. The number of nitrogens with one attached hydrogen (secondary N) is 4. The number of urea groups is 1. The number of esters is 1. The third-order valence-corrected chi connectivity index (χ3v) is 11.3. The number of carbonyl (C=O) groups is 7. The largest absolute Gasteiger partial charge is 0.458 e. The molecule has 0 aliphatic carbocycles. The van der Waals surface area contributed by atoms with Crippen molar-refractivity contribution in [3.05, 3.63) is 65.2 Å². The molecule has 4 aliphatic rings. The average Bonchev–Trinajstić information content (AvgIpc) is 3.87. The van der Waals surface area contributed by atoms with Gasteiger partial charge in [-0.05, 0) is 89.1 Å². The van der Waals surface area contributed by atoms with Gasteiger partial charge in [0.15, 0.2) is 0 Å². The number of nitrogens with zero attached hydrogens (tertiary/aromatic N) is 4. The van der Waals surface area contributed by atoms with Crippen LogP contribution in [0, 0.1) is 35.8 Å². The Morgan fingerprint density at radius 1 is 0.881 bits per heavy atom. The summed E-state index contributed by atoms with van der Waals surface area (Å²) in [6, 6.07) is 2.97. The van der Waals surface area contributed by atoms with Crippen LogP contribution in [0.5, 0.6) is 0 Å². The first-order valence-electron chi connectivity index (χ1n) is 19.8. The van der Waals surface area contributed by atoms with Crippen molar-refractivity contribution in [3.8, 4) is 6.07 Å². The lowest BCUT2D eigenvalue weighted by Gasteiger charge is -2.39. The maximum absolute atomic E-state index is 14.7. The number of carbonyl (C=O) groups excluding carboxylic acids is 7. The molecule has 0 saturated carbocycles. The second kappa shape index (κ2) is 18.2. The van der Waals surface area contributed by atoms with Gasteiger partial charge in [-0.15, -0.1) is 0 Å². The topological polar surface area (TPSA) is 210 Å². The third kappa shape index (κ3) is 9.78. The Morgan fingerprint density at radius 3 is 2.24 bits per heavy atom. The van der Waals surface area contributed by atoms with E-state index in [-0.39, 0.29) is 38.0 Å². The van der Waals surface area contributed by atoms with Crippen LogP contribution in [0.25, 0.3) is 0 Å². The Morgan fingerprint density at radius 2 is 1.54 bits per heavy atom. The van der Waals surface area contributed by atoms with Gasteiger partial charge in [-0.2, -0.15) is 5.26 Å². The van der Waals surface area contributed by atoms with Gasteiger partial charge in [0.05, 0.1) is 12.0 Å². The van der Waals surface area contributed by atoms with E-state index in [2.05, 4.69) is 27.3 Å². The van der Waals surface area contributed by atoms with Crippen LogP contribution < -0.4 is 21.3 Å². The predicted octanol–water partition coefficient (Wildman–Crippen LogP) is 2.05. The minimum absolute atomic E-state index is 0.000303. The fraction of sp³-hybridized carbons (Fsp3) is 0.512. The Balaban J connectivity index is 1.35. The summed E-state index contributed by atoms with van der Waals surface area (Å²) in [5, 5.41) is 20.2. The van der Waals surface area contributed by atoms with Gasteiger partial charge >= 0.3 is 12.0 Å². The molecule has 18 heteroatoms. The van der Waals surface area contributed by atoms with Gasteiger partial charge in [0.25, 0.3) is 0 Å². The van der Waals surface area contributed by atoms with Crippen molar-refractivity contribution in [3.63, 3.8) is 0 Å². The van der Waals surface area contributed by atoms with Gasteiger partial charge in [0.2, 0.25) is 29.5 Å². The Hall–Kier alpha value is -6.12. The summed E-state index contributed by atoms with van der Waals surface area (Å²) in [6.45, 7) is 4.83. The quantitative estimate of drug-likeness (QED) is 0.314. The van der Waals surface area contributed by atoms with Gasteiger partial charge in [-0.3, -0.25) is 24.0 Å². The molecule has 4 saturated heterocycles. The van der Waals surface area contributed by atoms with Crippen LogP contribution in [0.4, 0.5) is 19.3 Å². The highest BCUT2D eigenvalue weighted by Gasteiger charge is 2.48. The summed E-state index contributed by atoms with van der Waals surface area (Å²) in [7, 11) is 0. The lowest BCUT2D eigenvalue weighted by Crippen LogP contribution is -2.63. The number of ether oxygens (including phenoxy) is 1. The molecular weight excluding hydrogens is 770 g/mol. The highest BCUT2D eigenvalue weighted by atomic mass is 19.1. The molecule has 8 unspecified atom stereocenters. The molecule has 16 nitrogen and oxygen atoms in total. The van der Waals surface area contributed by atoms with Crippen LogP contribution in [0.2, 0.25) is 0 Å². The minimum atomic E-state index is -1.68. The SMILES string of the molecule is Cc1ccc(NC(=O)NC(Cc2cc(F)cc(F)c2)C(=O)NC2C(=O)N3CCCC3C(=O)N3CCCCC3C(=O)NC(C)C(=O)N3CC(C#N)CC3C(=O)OC2C)cc1. The summed E-state index contributed by atoms with van der Waals surface area (Å²) >= 11 is 0. The van der Waals surface area contributed by atoms with E-state index < -0.39 is 108 Å². The van der Waals surface area contributed by atoms with Crippen LogP contribution in [0.15, 0.2) is 42.5 Å². The van der Waals surface area contributed by atoms with E-state index in [4.69, 9.17) is 4.74 Å². The minimum Gasteiger partial charge on any atom is -0.458 e. The van der Waals surface area contributed by atoms with Crippen molar-refractivity contribution in [2.45, 2.75) is 108 Å². The molecule has 59 heavy (non-hydrogen) atoms. The molecule has 314 valence electrons. The molecule has 8 atom stereocenters. The van der Waals surface area contributed by atoms with E-state index in [0.717, 1.165) is 22.6 Å². The molecule has 4 N–H and O–H groups in total. The number of piperidine rings is 1. The van der Waals surface area contributed by atoms with E-state index >= 15 is 0 Å². The Bertz CT molecular complexity index is 2010. The van der Waals surface area contributed by atoms with Gasteiger partial charge in [-0.1, -0.05) is 17.7 Å². The third-order valence-electron chi connectivity index (χ3n) is 11.3. The first kappa shape index (κ1) is 42.5. The number of rotatable bonds is 6. The molecule has 2 aromatic carbocycles. The fourth-order valence-electron chi connectivity index (χ4n) is 8.24. The number of halogens is 2. The fourth-order valence-corrected chi connectivity index (χ4v) is 8.24. The summed E-state index contributed by atoms with van der Waals surface area (Å²) < 4.78 is 34.5. The van der Waals surface area contributed by atoms with Gasteiger partial charge < -0.3 is 40.7 Å². The highest BCUT2D eigenvalue weighted by Crippen LogP contribution is 2.29. The van der Waals surface area contributed by atoms with E-state index in [9.17, 15) is 47.6 Å². The van der Waals surface area contributed by atoms with Crippen LogP contribution >= 0.6 is 0 Å². The molecule has 0 radical (unpaired) electrons. The molecule has 6 rings (SSSR count). The van der Waals surface area contributed by atoms with E-state index in [1.165, 1.54) is 23.6 Å². The lowest BCUT2D eigenvalue weighted by molar-refractivity contribution is -0.163. The standard InChI is InChI=1S/C41H48F2N8O8/c1-22-9-11-29(12-10-22)46-41(58)47-30(17-25-15-27(42)19-28(43)16-25)35(52)48-34-24(3)59-40(57)33-18-26(20-44)21-51(33)37(54)23(2)45-36(53)31-7-4-5-13-49(31)38(55)32-8-6-14-50(32)39(34)56/h9-12,15-16,19,23-24,26,30-34H,4-8,13-14,17-18,21H2,1-3H3,(H,45,53)(H,48,52)(H2,46,47,58). The molecule has 4 fully saturated rings. The van der Waals surface area contributed by atoms with Gasteiger partial charge in [0, 0.05) is 37.8 Å². The van der Waals surface area contributed by atoms with E-state index in [0.29, 0.717) is 37.4 Å². The molecule has 2 aromatic rings. The highest BCUT2D eigenvalue weighted by molar-refractivity contribution is 5.99. The van der Waals surface area contributed by atoms with Crippen LogP contribution in [-0.4, -0.2) is 118 Å². The zero-order valence-electron chi connectivity index (χ0n) is 33.0. The first-order valence-corrected chi connectivity index (χ1v) is 19.8. The normalized spacial score (nSPS) is 27.1. The molecule has 0 bridgehead atoms. The number of anilines is 1. The molecule has 0 aromatic heterocycles. The van der Waals surface area contributed by atoms with Gasteiger partial charge in [-0.25, -0.2) is 18.4 Å². The number of hydrogen-bond acceptors (Lipinski definition) is 9. The summed E-state index contributed by atoms with van der Waals surface area (Å²) in [4.78, 5) is 102. The zero-order chi connectivity index (χ0) is 42.5. The Kier molecular flexibility index (Phi) is 13.1. The number of amides is 7. The molecular formula is C41H48F2N8O8.